The molecule has 7 nitrogen and oxygen atoms in total. The molecule has 3 aromatic carbocycles. The van der Waals surface area contributed by atoms with Gasteiger partial charge in [0.2, 0.25) is 10.0 Å². The third-order valence-electron chi connectivity index (χ3n) is 5.30. The van der Waals surface area contributed by atoms with Gasteiger partial charge in [0.15, 0.2) is 11.5 Å². The molecule has 2 aliphatic rings. The van der Waals surface area contributed by atoms with Crippen LogP contribution in [-0.4, -0.2) is 31.7 Å². The monoisotopic (exact) mass is 436 g/mol. The largest absolute Gasteiger partial charge is 0.456 e. The van der Waals surface area contributed by atoms with Crippen molar-refractivity contribution in [2.24, 2.45) is 0 Å². The fourth-order valence-electron chi connectivity index (χ4n) is 3.73. The number of nitrogens with one attached hydrogen (secondary N) is 1. The molecule has 0 bridgehead atoms. The van der Waals surface area contributed by atoms with E-state index in [0.717, 1.165) is 12.8 Å². The highest BCUT2D eigenvalue weighted by Gasteiger charge is 2.33. The average molecular weight is 436 g/mol. The van der Waals surface area contributed by atoms with E-state index in [1.807, 2.05) is 6.07 Å². The Bertz CT molecular complexity index is 1250. The summed E-state index contributed by atoms with van der Waals surface area (Å²) in [6.07, 6.45) is 1.61. The van der Waals surface area contributed by atoms with E-state index in [0.29, 0.717) is 30.3 Å². The summed E-state index contributed by atoms with van der Waals surface area (Å²) < 4.78 is 40.2. The first-order chi connectivity index (χ1) is 15.0. The highest BCUT2D eigenvalue weighted by atomic mass is 32.2. The molecule has 0 unspecified atom stereocenters. The quantitative estimate of drug-likeness (QED) is 0.645. The van der Waals surface area contributed by atoms with Crippen LogP contribution >= 0.6 is 0 Å². The Kier molecular flexibility index (Phi) is 4.88. The van der Waals surface area contributed by atoms with E-state index >= 15 is 0 Å². The molecule has 1 N–H and O–H groups in total. The van der Waals surface area contributed by atoms with Crippen molar-refractivity contribution >= 4 is 21.6 Å². The van der Waals surface area contributed by atoms with Crippen LogP contribution in [0.15, 0.2) is 71.6 Å². The molecular formula is C23H20N2O5S. The Morgan fingerprint density at radius 3 is 2.39 bits per heavy atom. The van der Waals surface area contributed by atoms with Gasteiger partial charge in [0, 0.05) is 19.2 Å². The molecule has 8 heteroatoms. The van der Waals surface area contributed by atoms with Crippen molar-refractivity contribution in [3.05, 3.63) is 72.3 Å². The van der Waals surface area contributed by atoms with Crippen LogP contribution < -0.4 is 14.8 Å². The number of sulfonamides is 1. The molecule has 0 aromatic heterocycles. The van der Waals surface area contributed by atoms with E-state index in [9.17, 15) is 13.2 Å². The predicted molar refractivity (Wildman–Crippen MR) is 115 cm³/mol. The molecule has 0 atom stereocenters. The standard InChI is InChI=1S/C23H20N2O5S/c26-23-17-14-22(31(27,28)25-12-6-7-13-25)21(29-16-8-2-1-3-9-16)15-20(17)30-19-11-5-4-10-18(19)24-23/h1-5,8-11,14-15H,6-7,12-13H2,(H,24,26). The Balaban J connectivity index is 1.67. The number of anilines is 1. The lowest BCUT2D eigenvalue weighted by Gasteiger charge is -2.20. The van der Waals surface area contributed by atoms with Crippen molar-refractivity contribution in [2.75, 3.05) is 18.4 Å². The number of hydrogen-bond donors (Lipinski definition) is 1. The van der Waals surface area contributed by atoms with Crippen molar-refractivity contribution in [3.8, 4) is 23.0 Å². The molecular weight excluding hydrogens is 416 g/mol. The fourth-order valence-corrected chi connectivity index (χ4v) is 5.37. The molecule has 0 aliphatic carbocycles. The van der Waals surface area contributed by atoms with E-state index in [4.69, 9.17) is 9.47 Å². The van der Waals surface area contributed by atoms with Crippen LogP contribution in [0.3, 0.4) is 0 Å². The van der Waals surface area contributed by atoms with Gasteiger partial charge in [0.25, 0.3) is 5.91 Å². The van der Waals surface area contributed by atoms with Gasteiger partial charge in [0.05, 0.1) is 11.3 Å². The number of para-hydroxylation sites is 3. The molecule has 1 fully saturated rings. The lowest BCUT2D eigenvalue weighted by molar-refractivity contribution is 0.102. The van der Waals surface area contributed by atoms with Crippen molar-refractivity contribution < 1.29 is 22.7 Å². The summed E-state index contributed by atoms with van der Waals surface area (Å²) >= 11 is 0. The van der Waals surface area contributed by atoms with Crippen LogP contribution in [0.25, 0.3) is 0 Å². The molecule has 0 spiro atoms. The lowest BCUT2D eigenvalue weighted by Crippen LogP contribution is -2.28. The number of hydrogen-bond acceptors (Lipinski definition) is 5. The van der Waals surface area contributed by atoms with Gasteiger partial charge in [-0.1, -0.05) is 30.3 Å². The van der Waals surface area contributed by atoms with Gasteiger partial charge in [-0.2, -0.15) is 4.31 Å². The van der Waals surface area contributed by atoms with E-state index in [1.165, 1.54) is 16.4 Å². The minimum Gasteiger partial charge on any atom is -0.456 e. The van der Waals surface area contributed by atoms with Gasteiger partial charge in [0.1, 0.15) is 16.4 Å². The number of nitrogens with zero attached hydrogens (tertiary/aromatic N) is 1. The summed E-state index contributed by atoms with van der Waals surface area (Å²) in [6.45, 7) is 0.886. The molecule has 2 heterocycles. The number of rotatable bonds is 4. The van der Waals surface area contributed by atoms with Crippen LogP contribution in [0.4, 0.5) is 5.69 Å². The van der Waals surface area contributed by atoms with Gasteiger partial charge < -0.3 is 14.8 Å². The smallest absolute Gasteiger partial charge is 0.259 e. The summed E-state index contributed by atoms with van der Waals surface area (Å²) in [5.41, 5.74) is 0.646. The number of benzene rings is 3. The Labute approximate surface area is 180 Å². The third-order valence-corrected chi connectivity index (χ3v) is 7.22. The number of fused-ring (bicyclic) bond motifs is 2. The van der Waals surface area contributed by atoms with E-state index in [1.54, 1.807) is 48.5 Å². The summed E-state index contributed by atoms with van der Waals surface area (Å²) in [7, 11) is -3.85. The predicted octanol–water partition coefficient (Wildman–Crippen LogP) is 4.62. The zero-order valence-corrected chi connectivity index (χ0v) is 17.4. The van der Waals surface area contributed by atoms with E-state index < -0.39 is 15.9 Å². The molecule has 5 rings (SSSR count). The van der Waals surface area contributed by atoms with Crippen LogP contribution in [0.5, 0.6) is 23.0 Å². The Morgan fingerprint density at radius 1 is 0.903 bits per heavy atom. The zero-order chi connectivity index (χ0) is 21.4. The van der Waals surface area contributed by atoms with Gasteiger partial charge in [-0.25, -0.2) is 8.42 Å². The first-order valence-corrected chi connectivity index (χ1v) is 11.5. The molecule has 1 amide bonds. The zero-order valence-electron chi connectivity index (χ0n) is 16.6. The van der Waals surface area contributed by atoms with Crippen LogP contribution in [0.1, 0.15) is 23.2 Å². The van der Waals surface area contributed by atoms with Crippen molar-refractivity contribution in [1.82, 2.24) is 4.31 Å². The summed E-state index contributed by atoms with van der Waals surface area (Å²) in [5, 5.41) is 2.78. The molecule has 158 valence electrons. The molecule has 0 saturated carbocycles. The maximum Gasteiger partial charge on any atom is 0.259 e. The summed E-state index contributed by atoms with van der Waals surface area (Å²) in [6, 6.07) is 18.8. The second-order valence-electron chi connectivity index (χ2n) is 7.37. The minimum absolute atomic E-state index is 0.0540. The maximum absolute atomic E-state index is 13.4. The molecule has 31 heavy (non-hydrogen) atoms. The van der Waals surface area contributed by atoms with E-state index in [-0.39, 0.29) is 22.0 Å². The van der Waals surface area contributed by atoms with Crippen LogP contribution in [0, 0.1) is 0 Å². The van der Waals surface area contributed by atoms with Crippen LogP contribution in [0.2, 0.25) is 0 Å². The van der Waals surface area contributed by atoms with Crippen molar-refractivity contribution in [1.29, 1.82) is 0 Å². The normalized spacial score (nSPS) is 15.9. The second-order valence-corrected chi connectivity index (χ2v) is 9.28. The van der Waals surface area contributed by atoms with Crippen LogP contribution in [-0.2, 0) is 10.0 Å². The Hall–Kier alpha value is -3.36. The topological polar surface area (TPSA) is 84.9 Å². The minimum atomic E-state index is -3.85. The maximum atomic E-state index is 13.4. The van der Waals surface area contributed by atoms with Gasteiger partial charge in [-0.15, -0.1) is 0 Å². The van der Waals surface area contributed by atoms with E-state index in [2.05, 4.69) is 5.32 Å². The third kappa shape index (κ3) is 3.64. The fraction of sp³-hybridized carbons (Fsp3) is 0.174. The average Bonchev–Trinajstić information content (AvgIpc) is 3.27. The number of ether oxygens (including phenoxy) is 2. The van der Waals surface area contributed by atoms with Gasteiger partial charge in [-0.05, 0) is 43.2 Å². The van der Waals surface area contributed by atoms with Crippen molar-refractivity contribution in [3.63, 3.8) is 0 Å². The SMILES string of the molecule is O=C1Nc2ccccc2Oc2cc(Oc3ccccc3)c(S(=O)(=O)N3CCCC3)cc21. The Morgan fingerprint density at radius 2 is 1.61 bits per heavy atom. The molecule has 0 radical (unpaired) electrons. The molecule has 3 aromatic rings. The number of carbonyl (C=O) groups is 1. The molecule has 1 saturated heterocycles. The first-order valence-electron chi connectivity index (χ1n) is 10.0. The summed E-state index contributed by atoms with van der Waals surface area (Å²) in [5.74, 6) is 0.857. The first kappa shape index (κ1) is 19.6. The highest BCUT2D eigenvalue weighted by molar-refractivity contribution is 7.89. The molecule has 2 aliphatic heterocycles. The van der Waals surface area contributed by atoms with Crippen molar-refractivity contribution in [2.45, 2.75) is 17.7 Å². The summed E-state index contributed by atoms with van der Waals surface area (Å²) in [4.78, 5) is 12.8. The highest BCUT2D eigenvalue weighted by Crippen LogP contribution is 2.42. The second kappa shape index (κ2) is 7.72. The lowest BCUT2D eigenvalue weighted by atomic mass is 10.1. The number of amides is 1. The van der Waals surface area contributed by atoms with Gasteiger partial charge in [-0.3, -0.25) is 4.79 Å². The number of carbonyl (C=O) groups excluding carboxylic acids is 1. The van der Waals surface area contributed by atoms with Gasteiger partial charge >= 0.3 is 0 Å².